The van der Waals surface area contributed by atoms with Gasteiger partial charge in [0.25, 0.3) is 0 Å². The maximum Gasteiger partial charge on any atom is 0.127 e. The number of fused-ring (bicyclic) bond motifs is 1. The second-order valence-corrected chi connectivity index (χ2v) is 7.31. The number of hydrogen-bond acceptors (Lipinski definition) is 3. The number of rotatable bonds is 4. The molecule has 0 bridgehead atoms. The molecule has 2 heterocycles. The molecule has 1 fully saturated rings. The van der Waals surface area contributed by atoms with E-state index in [9.17, 15) is 0 Å². The van der Waals surface area contributed by atoms with E-state index in [0.717, 1.165) is 36.9 Å². The van der Waals surface area contributed by atoms with Crippen molar-refractivity contribution in [2.45, 2.75) is 32.7 Å². The van der Waals surface area contributed by atoms with Crippen LogP contribution in [0.3, 0.4) is 0 Å². The lowest BCUT2D eigenvalue weighted by Gasteiger charge is -2.38. The standard InChI is InChI=1S/C17H25ClN2O/c1-17(4-6-20(2)7-5-17)12-19-11-14-10-15(18)9-13-3-8-21-16(13)14/h9-10,19H,3-8,11-12H2,1-2H3. The molecule has 3 nitrogen and oxygen atoms in total. The summed E-state index contributed by atoms with van der Waals surface area (Å²) in [6.45, 7) is 7.48. The molecule has 3 rings (SSSR count). The maximum atomic E-state index is 6.21. The van der Waals surface area contributed by atoms with Crippen LogP contribution in [0, 0.1) is 5.41 Å². The quantitative estimate of drug-likeness (QED) is 0.925. The first-order valence-corrected chi connectivity index (χ1v) is 8.27. The number of halogens is 1. The molecule has 0 aromatic heterocycles. The van der Waals surface area contributed by atoms with Crippen LogP contribution in [0.25, 0.3) is 0 Å². The molecular weight excluding hydrogens is 284 g/mol. The molecule has 0 atom stereocenters. The first-order chi connectivity index (χ1) is 10.1. The molecule has 0 amide bonds. The van der Waals surface area contributed by atoms with Crippen molar-refractivity contribution in [2.24, 2.45) is 5.41 Å². The third-order valence-electron chi connectivity index (χ3n) is 4.89. The molecule has 1 aromatic rings. The van der Waals surface area contributed by atoms with Crippen molar-refractivity contribution in [2.75, 3.05) is 33.3 Å². The van der Waals surface area contributed by atoms with E-state index in [1.54, 1.807) is 0 Å². The number of benzene rings is 1. The predicted molar refractivity (Wildman–Crippen MR) is 87.2 cm³/mol. The predicted octanol–water partition coefficient (Wildman–Crippen LogP) is 3.10. The van der Waals surface area contributed by atoms with E-state index < -0.39 is 0 Å². The third kappa shape index (κ3) is 3.53. The van der Waals surface area contributed by atoms with E-state index in [1.165, 1.54) is 37.1 Å². The van der Waals surface area contributed by atoms with E-state index in [2.05, 4.69) is 24.2 Å². The SMILES string of the molecule is CN1CCC(C)(CNCc2cc(Cl)cc3c2OCC3)CC1. The fourth-order valence-corrected chi connectivity index (χ4v) is 3.57. The van der Waals surface area contributed by atoms with E-state index in [4.69, 9.17) is 16.3 Å². The summed E-state index contributed by atoms with van der Waals surface area (Å²) in [5.41, 5.74) is 2.87. The lowest BCUT2D eigenvalue weighted by atomic mass is 9.80. The third-order valence-corrected chi connectivity index (χ3v) is 5.10. The molecule has 4 heteroatoms. The van der Waals surface area contributed by atoms with Crippen LogP contribution in [0.5, 0.6) is 5.75 Å². The smallest absolute Gasteiger partial charge is 0.127 e. The van der Waals surface area contributed by atoms with Gasteiger partial charge in [-0.25, -0.2) is 0 Å². The van der Waals surface area contributed by atoms with Gasteiger partial charge in [-0.2, -0.15) is 0 Å². The van der Waals surface area contributed by atoms with E-state index in [0.29, 0.717) is 5.41 Å². The van der Waals surface area contributed by atoms with Crippen molar-refractivity contribution < 1.29 is 4.74 Å². The fourth-order valence-electron chi connectivity index (χ4n) is 3.31. The van der Waals surface area contributed by atoms with Gasteiger partial charge in [-0.05, 0) is 56.1 Å². The van der Waals surface area contributed by atoms with Gasteiger partial charge in [0.1, 0.15) is 5.75 Å². The van der Waals surface area contributed by atoms with Gasteiger partial charge in [-0.3, -0.25) is 0 Å². The number of ether oxygens (including phenoxy) is 1. The molecule has 0 unspecified atom stereocenters. The summed E-state index contributed by atoms with van der Waals surface area (Å²) >= 11 is 6.21. The van der Waals surface area contributed by atoms with Crippen molar-refractivity contribution in [3.05, 3.63) is 28.3 Å². The summed E-state index contributed by atoms with van der Waals surface area (Å²) in [4.78, 5) is 2.42. The summed E-state index contributed by atoms with van der Waals surface area (Å²) in [5.74, 6) is 1.06. The highest BCUT2D eigenvalue weighted by Crippen LogP contribution is 2.33. The molecular formula is C17H25ClN2O. The first kappa shape index (κ1) is 15.1. The van der Waals surface area contributed by atoms with Crippen molar-refractivity contribution in [3.63, 3.8) is 0 Å². The minimum atomic E-state index is 0.412. The minimum absolute atomic E-state index is 0.412. The highest BCUT2D eigenvalue weighted by molar-refractivity contribution is 6.30. The normalized spacial score (nSPS) is 21.1. The minimum Gasteiger partial charge on any atom is -0.493 e. The van der Waals surface area contributed by atoms with Crippen LogP contribution in [0.4, 0.5) is 0 Å². The van der Waals surface area contributed by atoms with Crippen LogP contribution >= 0.6 is 11.6 Å². The Bertz CT molecular complexity index is 510. The average molecular weight is 309 g/mol. The topological polar surface area (TPSA) is 24.5 Å². The molecule has 116 valence electrons. The lowest BCUT2D eigenvalue weighted by molar-refractivity contribution is 0.136. The molecule has 0 aliphatic carbocycles. The molecule has 0 spiro atoms. The van der Waals surface area contributed by atoms with E-state index in [1.807, 2.05) is 12.1 Å². The Morgan fingerprint density at radius 1 is 1.33 bits per heavy atom. The summed E-state index contributed by atoms with van der Waals surface area (Å²) in [6, 6.07) is 4.07. The van der Waals surface area contributed by atoms with Crippen molar-refractivity contribution >= 4 is 11.6 Å². The fraction of sp³-hybridized carbons (Fsp3) is 0.647. The van der Waals surface area contributed by atoms with Gasteiger partial charge in [-0.15, -0.1) is 0 Å². The summed E-state index contributed by atoms with van der Waals surface area (Å²) in [5, 5.41) is 4.45. The van der Waals surface area contributed by atoms with Gasteiger partial charge in [-0.1, -0.05) is 18.5 Å². The summed E-state index contributed by atoms with van der Waals surface area (Å²) in [7, 11) is 2.21. The van der Waals surface area contributed by atoms with Gasteiger partial charge in [0.2, 0.25) is 0 Å². The van der Waals surface area contributed by atoms with Crippen LogP contribution in [0.1, 0.15) is 30.9 Å². The second-order valence-electron chi connectivity index (χ2n) is 6.87. The lowest BCUT2D eigenvalue weighted by Crippen LogP contribution is -2.41. The Balaban J connectivity index is 1.59. The van der Waals surface area contributed by atoms with Gasteiger partial charge in [0, 0.05) is 30.1 Å². The highest BCUT2D eigenvalue weighted by atomic mass is 35.5. The van der Waals surface area contributed by atoms with E-state index in [-0.39, 0.29) is 0 Å². The van der Waals surface area contributed by atoms with Gasteiger partial charge in [0.05, 0.1) is 6.61 Å². The second kappa shape index (κ2) is 6.15. The number of hydrogen-bond donors (Lipinski definition) is 1. The van der Waals surface area contributed by atoms with Crippen LogP contribution in [0.2, 0.25) is 5.02 Å². The Labute approximate surface area is 132 Å². The monoisotopic (exact) mass is 308 g/mol. The number of piperidine rings is 1. The number of nitrogens with one attached hydrogen (secondary N) is 1. The molecule has 1 saturated heterocycles. The van der Waals surface area contributed by atoms with Crippen LogP contribution in [-0.4, -0.2) is 38.2 Å². The van der Waals surface area contributed by atoms with Crippen molar-refractivity contribution in [1.82, 2.24) is 10.2 Å². The zero-order valence-corrected chi connectivity index (χ0v) is 13.8. The molecule has 2 aliphatic heterocycles. The Morgan fingerprint density at radius 3 is 2.86 bits per heavy atom. The molecule has 2 aliphatic rings. The number of likely N-dealkylation sites (tertiary alicyclic amines) is 1. The Hall–Kier alpha value is -0.770. The Kier molecular flexibility index (Phi) is 4.43. The van der Waals surface area contributed by atoms with Crippen LogP contribution in [0.15, 0.2) is 12.1 Å². The number of nitrogens with zero attached hydrogens (tertiary/aromatic N) is 1. The molecule has 21 heavy (non-hydrogen) atoms. The first-order valence-electron chi connectivity index (χ1n) is 7.89. The van der Waals surface area contributed by atoms with E-state index >= 15 is 0 Å². The zero-order chi connectivity index (χ0) is 14.9. The zero-order valence-electron chi connectivity index (χ0n) is 13.0. The van der Waals surface area contributed by atoms with Crippen molar-refractivity contribution in [3.8, 4) is 5.75 Å². The average Bonchev–Trinajstić information content (AvgIpc) is 2.90. The Morgan fingerprint density at radius 2 is 2.10 bits per heavy atom. The van der Waals surface area contributed by atoms with Crippen LogP contribution < -0.4 is 10.1 Å². The molecule has 0 radical (unpaired) electrons. The maximum absolute atomic E-state index is 6.21. The summed E-state index contributed by atoms with van der Waals surface area (Å²) in [6.07, 6.45) is 3.51. The highest BCUT2D eigenvalue weighted by Gasteiger charge is 2.28. The molecule has 0 saturated carbocycles. The largest absolute Gasteiger partial charge is 0.493 e. The van der Waals surface area contributed by atoms with Crippen LogP contribution in [-0.2, 0) is 13.0 Å². The molecule has 1 aromatic carbocycles. The van der Waals surface area contributed by atoms with Gasteiger partial charge < -0.3 is 15.0 Å². The summed E-state index contributed by atoms with van der Waals surface area (Å²) < 4.78 is 5.76. The van der Waals surface area contributed by atoms with Gasteiger partial charge >= 0.3 is 0 Å². The van der Waals surface area contributed by atoms with Gasteiger partial charge in [0.15, 0.2) is 0 Å². The van der Waals surface area contributed by atoms with Crippen molar-refractivity contribution in [1.29, 1.82) is 0 Å². The molecule has 1 N–H and O–H groups in total.